The summed E-state index contributed by atoms with van der Waals surface area (Å²) in [7, 11) is 0. The molecule has 13 heavy (non-hydrogen) atoms. The first kappa shape index (κ1) is 12.8. The summed E-state index contributed by atoms with van der Waals surface area (Å²) in [6.07, 6.45) is -3.07. The second-order valence-electron chi connectivity index (χ2n) is 4.37. The third-order valence-electron chi connectivity index (χ3n) is 1.68. The molecular formula is C9H17F3O. The standard InChI is InChI=1S/C9H17F3O/c1-6(2)13-7(10)9(11,12)8(3,4)5/h6-7H,1-5H3. The molecule has 0 fully saturated rings. The van der Waals surface area contributed by atoms with Gasteiger partial charge in [0.05, 0.1) is 6.10 Å². The molecule has 1 atom stereocenters. The van der Waals surface area contributed by atoms with E-state index in [-0.39, 0.29) is 0 Å². The smallest absolute Gasteiger partial charge is 0.307 e. The van der Waals surface area contributed by atoms with Crippen molar-refractivity contribution in [1.82, 2.24) is 0 Å². The van der Waals surface area contributed by atoms with E-state index in [1.807, 2.05) is 0 Å². The first-order valence-electron chi connectivity index (χ1n) is 4.26. The lowest BCUT2D eigenvalue weighted by Gasteiger charge is -2.33. The van der Waals surface area contributed by atoms with Crippen LogP contribution in [0.1, 0.15) is 34.6 Å². The van der Waals surface area contributed by atoms with E-state index in [2.05, 4.69) is 4.74 Å². The number of hydrogen-bond acceptors (Lipinski definition) is 1. The Morgan fingerprint density at radius 1 is 1.08 bits per heavy atom. The maximum Gasteiger partial charge on any atom is 0.307 e. The van der Waals surface area contributed by atoms with Gasteiger partial charge in [-0.1, -0.05) is 20.8 Å². The van der Waals surface area contributed by atoms with Gasteiger partial charge in [0.1, 0.15) is 0 Å². The van der Waals surface area contributed by atoms with Crippen molar-refractivity contribution in [3.63, 3.8) is 0 Å². The van der Waals surface area contributed by atoms with Gasteiger partial charge in [0.25, 0.3) is 6.36 Å². The lowest BCUT2D eigenvalue weighted by Crippen LogP contribution is -2.44. The van der Waals surface area contributed by atoms with E-state index < -0.39 is 23.8 Å². The maximum atomic E-state index is 13.2. The predicted octanol–water partition coefficient (Wildman–Crippen LogP) is 3.39. The lowest BCUT2D eigenvalue weighted by atomic mass is 9.88. The number of rotatable bonds is 3. The molecule has 4 heteroatoms. The fourth-order valence-corrected chi connectivity index (χ4v) is 0.665. The van der Waals surface area contributed by atoms with Crippen LogP contribution in [-0.4, -0.2) is 18.4 Å². The SMILES string of the molecule is CC(C)OC(F)C(F)(F)C(C)(C)C. The van der Waals surface area contributed by atoms with Gasteiger partial charge in [-0.05, 0) is 13.8 Å². The van der Waals surface area contributed by atoms with Crippen LogP contribution in [0.5, 0.6) is 0 Å². The van der Waals surface area contributed by atoms with Crippen molar-refractivity contribution in [2.75, 3.05) is 0 Å². The summed E-state index contributed by atoms with van der Waals surface area (Å²) in [4.78, 5) is 0. The quantitative estimate of drug-likeness (QED) is 0.675. The fourth-order valence-electron chi connectivity index (χ4n) is 0.665. The monoisotopic (exact) mass is 198 g/mol. The first-order valence-corrected chi connectivity index (χ1v) is 4.26. The van der Waals surface area contributed by atoms with Gasteiger partial charge in [-0.2, -0.15) is 0 Å². The highest BCUT2D eigenvalue weighted by atomic mass is 19.3. The molecule has 1 nitrogen and oxygen atoms in total. The molecule has 0 aliphatic carbocycles. The van der Waals surface area contributed by atoms with E-state index in [1.54, 1.807) is 0 Å². The molecule has 80 valence electrons. The molecule has 0 bridgehead atoms. The largest absolute Gasteiger partial charge is 0.341 e. The fraction of sp³-hybridized carbons (Fsp3) is 1.00. The van der Waals surface area contributed by atoms with Crippen molar-refractivity contribution in [3.05, 3.63) is 0 Å². The van der Waals surface area contributed by atoms with Gasteiger partial charge in [-0.15, -0.1) is 0 Å². The van der Waals surface area contributed by atoms with E-state index in [9.17, 15) is 13.2 Å². The Balaban J connectivity index is 4.45. The summed E-state index contributed by atoms with van der Waals surface area (Å²) in [5.74, 6) is -3.46. The zero-order valence-electron chi connectivity index (χ0n) is 8.70. The highest BCUT2D eigenvalue weighted by Crippen LogP contribution is 2.40. The van der Waals surface area contributed by atoms with E-state index in [0.29, 0.717) is 0 Å². The van der Waals surface area contributed by atoms with Crippen LogP contribution in [0.15, 0.2) is 0 Å². The molecule has 0 saturated carbocycles. The summed E-state index contributed by atoms with van der Waals surface area (Å²) >= 11 is 0. The summed E-state index contributed by atoms with van der Waals surface area (Å²) in [6.45, 7) is 6.88. The van der Waals surface area contributed by atoms with Crippen molar-refractivity contribution in [2.45, 2.75) is 53.0 Å². The molecule has 0 rings (SSSR count). The van der Waals surface area contributed by atoms with Crippen molar-refractivity contribution in [2.24, 2.45) is 5.41 Å². The molecule has 0 radical (unpaired) electrons. The second kappa shape index (κ2) is 3.86. The summed E-state index contributed by atoms with van der Waals surface area (Å²) in [5, 5.41) is 0. The minimum absolute atomic E-state index is 0.539. The number of ether oxygens (including phenoxy) is 1. The van der Waals surface area contributed by atoms with Crippen LogP contribution in [0.3, 0.4) is 0 Å². The molecule has 0 aliphatic rings. The number of hydrogen-bond donors (Lipinski definition) is 0. The highest BCUT2D eigenvalue weighted by molar-refractivity contribution is 4.84. The topological polar surface area (TPSA) is 9.23 Å². The Labute approximate surface area is 77.3 Å². The maximum absolute atomic E-state index is 13.2. The van der Waals surface area contributed by atoms with Gasteiger partial charge in [-0.3, -0.25) is 0 Å². The van der Waals surface area contributed by atoms with E-state index in [1.165, 1.54) is 34.6 Å². The van der Waals surface area contributed by atoms with Crippen LogP contribution in [0.2, 0.25) is 0 Å². The Morgan fingerprint density at radius 2 is 1.46 bits per heavy atom. The third-order valence-corrected chi connectivity index (χ3v) is 1.68. The Kier molecular flexibility index (Phi) is 3.79. The number of alkyl halides is 3. The highest BCUT2D eigenvalue weighted by Gasteiger charge is 2.51. The molecule has 0 aromatic rings. The average molecular weight is 198 g/mol. The molecule has 0 aliphatic heterocycles. The lowest BCUT2D eigenvalue weighted by molar-refractivity contribution is -0.251. The zero-order valence-corrected chi connectivity index (χ0v) is 8.70. The van der Waals surface area contributed by atoms with Crippen LogP contribution in [0.25, 0.3) is 0 Å². The van der Waals surface area contributed by atoms with Crippen LogP contribution >= 0.6 is 0 Å². The summed E-state index contributed by atoms with van der Waals surface area (Å²) in [6, 6.07) is 0. The second-order valence-corrected chi connectivity index (χ2v) is 4.37. The van der Waals surface area contributed by atoms with Gasteiger partial charge < -0.3 is 4.74 Å². The molecule has 0 heterocycles. The van der Waals surface area contributed by atoms with Gasteiger partial charge >= 0.3 is 5.92 Å². The Morgan fingerprint density at radius 3 is 1.69 bits per heavy atom. The van der Waals surface area contributed by atoms with E-state index >= 15 is 0 Å². The van der Waals surface area contributed by atoms with Crippen molar-refractivity contribution >= 4 is 0 Å². The minimum Gasteiger partial charge on any atom is -0.341 e. The van der Waals surface area contributed by atoms with Crippen LogP contribution in [0.4, 0.5) is 13.2 Å². The van der Waals surface area contributed by atoms with E-state index in [4.69, 9.17) is 0 Å². The average Bonchev–Trinajstić information content (AvgIpc) is 1.82. The first-order chi connectivity index (χ1) is 5.59. The normalized spacial score (nSPS) is 16.4. The Bertz CT molecular complexity index is 161. The van der Waals surface area contributed by atoms with Crippen LogP contribution < -0.4 is 0 Å². The molecule has 0 saturated heterocycles. The minimum atomic E-state index is -3.46. The zero-order chi connectivity index (χ0) is 10.9. The molecule has 0 aromatic carbocycles. The molecule has 1 unspecified atom stereocenters. The van der Waals surface area contributed by atoms with Gasteiger partial charge in [0.2, 0.25) is 0 Å². The van der Waals surface area contributed by atoms with E-state index in [0.717, 1.165) is 0 Å². The van der Waals surface area contributed by atoms with Gasteiger partial charge in [0, 0.05) is 5.41 Å². The van der Waals surface area contributed by atoms with Gasteiger partial charge in [-0.25, -0.2) is 13.2 Å². The van der Waals surface area contributed by atoms with Crippen LogP contribution in [0, 0.1) is 5.41 Å². The molecule has 0 N–H and O–H groups in total. The number of halogens is 3. The van der Waals surface area contributed by atoms with Crippen LogP contribution in [-0.2, 0) is 4.74 Å². The summed E-state index contributed by atoms with van der Waals surface area (Å²) in [5.41, 5.74) is -1.43. The molecule has 0 amide bonds. The molecule has 0 aromatic heterocycles. The third kappa shape index (κ3) is 3.18. The Hall–Kier alpha value is -0.250. The van der Waals surface area contributed by atoms with Crippen molar-refractivity contribution in [3.8, 4) is 0 Å². The van der Waals surface area contributed by atoms with Crippen molar-refractivity contribution < 1.29 is 17.9 Å². The van der Waals surface area contributed by atoms with Crippen molar-refractivity contribution in [1.29, 1.82) is 0 Å². The predicted molar refractivity (Wildman–Crippen MR) is 45.5 cm³/mol. The molecular weight excluding hydrogens is 181 g/mol. The van der Waals surface area contributed by atoms with Gasteiger partial charge in [0.15, 0.2) is 0 Å². The molecule has 0 spiro atoms. The summed E-state index contributed by atoms with van der Waals surface area (Å²) < 4.78 is 43.7.